The number of likely N-dealkylation sites (N-methyl/N-ethyl adjacent to an activating group) is 1. The van der Waals surface area contributed by atoms with Crippen molar-refractivity contribution in [1.82, 2.24) is 10.3 Å². The molecule has 0 aliphatic carbocycles. The summed E-state index contributed by atoms with van der Waals surface area (Å²) in [5.41, 5.74) is 1.09. The summed E-state index contributed by atoms with van der Waals surface area (Å²) in [4.78, 5) is 6.59. The summed E-state index contributed by atoms with van der Waals surface area (Å²) >= 11 is 6.18. The maximum absolute atomic E-state index is 6.18. The number of hydrogen-bond donors (Lipinski definition) is 1. The molecule has 0 fully saturated rings. The van der Waals surface area contributed by atoms with Crippen LogP contribution in [0.15, 0.2) is 12.3 Å². The van der Waals surface area contributed by atoms with Crippen LogP contribution in [0.25, 0.3) is 0 Å². The van der Waals surface area contributed by atoms with Gasteiger partial charge in [0, 0.05) is 32.9 Å². The Hall–Kier alpha value is -0.840. The molecule has 0 radical (unpaired) electrons. The van der Waals surface area contributed by atoms with Crippen LogP contribution in [-0.2, 0) is 11.3 Å². The average Bonchev–Trinajstić information content (AvgIpc) is 2.43. The molecule has 0 atom stereocenters. The van der Waals surface area contributed by atoms with Crippen LogP contribution in [0.1, 0.15) is 25.8 Å². The molecule has 19 heavy (non-hydrogen) atoms. The second-order valence-electron chi connectivity index (χ2n) is 4.38. The minimum Gasteiger partial charge on any atom is -0.383 e. The lowest BCUT2D eigenvalue weighted by Crippen LogP contribution is -2.28. The molecule has 0 spiro atoms. The van der Waals surface area contributed by atoms with Crippen LogP contribution in [0.4, 0.5) is 5.82 Å². The molecule has 1 aromatic heterocycles. The van der Waals surface area contributed by atoms with Crippen LogP contribution in [-0.4, -0.2) is 38.3 Å². The Morgan fingerprint density at radius 1 is 1.42 bits per heavy atom. The molecule has 1 heterocycles. The van der Waals surface area contributed by atoms with E-state index in [1.807, 2.05) is 0 Å². The average molecular weight is 286 g/mol. The summed E-state index contributed by atoms with van der Waals surface area (Å²) in [6.45, 7) is 8.47. The Bertz CT molecular complexity index is 374. The molecular weight excluding hydrogens is 262 g/mol. The molecule has 0 aliphatic heterocycles. The molecule has 0 saturated carbocycles. The molecule has 5 heteroatoms. The first-order chi connectivity index (χ1) is 9.22. The Labute approximate surface area is 121 Å². The smallest absolute Gasteiger partial charge is 0.128 e. The van der Waals surface area contributed by atoms with Crippen molar-refractivity contribution in [2.45, 2.75) is 26.8 Å². The first kappa shape index (κ1) is 16.2. The summed E-state index contributed by atoms with van der Waals surface area (Å²) in [6, 6.07) is 2.06. The van der Waals surface area contributed by atoms with Crippen molar-refractivity contribution in [2.24, 2.45) is 0 Å². The number of ether oxygens (including phenoxy) is 1. The molecule has 0 bridgehead atoms. The highest BCUT2D eigenvalue weighted by molar-refractivity contribution is 6.31. The molecule has 1 rings (SSSR count). The van der Waals surface area contributed by atoms with E-state index in [-0.39, 0.29) is 0 Å². The fraction of sp³-hybridized carbons (Fsp3) is 0.643. The van der Waals surface area contributed by atoms with Gasteiger partial charge in [0.2, 0.25) is 0 Å². The summed E-state index contributed by atoms with van der Waals surface area (Å²) in [5, 5.41) is 4.08. The molecule has 0 amide bonds. The van der Waals surface area contributed by atoms with Gasteiger partial charge >= 0.3 is 0 Å². The number of aromatic nitrogens is 1. The van der Waals surface area contributed by atoms with Crippen LogP contribution < -0.4 is 10.2 Å². The highest BCUT2D eigenvalue weighted by atomic mass is 35.5. The van der Waals surface area contributed by atoms with E-state index in [2.05, 4.69) is 35.1 Å². The monoisotopic (exact) mass is 285 g/mol. The van der Waals surface area contributed by atoms with Crippen LogP contribution in [0.2, 0.25) is 5.02 Å². The van der Waals surface area contributed by atoms with Gasteiger partial charge in [0.1, 0.15) is 5.82 Å². The summed E-state index contributed by atoms with van der Waals surface area (Å²) in [7, 11) is 1.71. The van der Waals surface area contributed by atoms with Crippen molar-refractivity contribution in [3.05, 3.63) is 22.8 Å². The van der Waals surface area contributed by atoms with E-state index >= 15 is 0 Å². The highest BCUT2D eigenvalue weighted by Gasteiger charge is 2.09. The standard InChI is InChI=1S/C14H24ClN3O/c1-4-6-16-10-12-9-14(17-11-13(12)15)18(5-2)7-8-19-3/h9,11,16H,4-8,10H2,1-3H3. The number of halogens is 1. The van der Waals surface area contributed by atoms with E-state index in [9.17, 15) is 0 Å². The quantitative estimate of drug-likeness (QED) is 0.708. The Morgan fingerprint density at radius 2 is 2.21 bits per heavy atom. The normalized spacial score (nSPS) is 10.7. The van der Waals surface area contributed by atoms with E-state index in [4.69, 9.17) is 16.3 Å². The Kier molecular flexibility index (Phi) is 7.79. The number of pyridine rings is 1. The molecule has 1 aromatic rings. The number of hydrogen-bond acceptors (Lipinski definition) is 4. The van der Waals surface area contributed by atoms with Crippen molar-refractivity contribution >= 4 is 17.4 Å². The minimum absolute atomic E-state index is 0.696. The van der Waals surface area contributed by atoms with Gasteiger partial charge in [0.15, 0.2) is 0 Å². The van der Waals surface area contributed by atoms with Gasteiger partial charge in [-0.15, -0.1) is 0 Å². The van der Waals surface area contributed by atoms with E-state index in [0.29, 0.717) is 6.61 Å². The summed E-state index contributed by atoms with van der Waals surface area (Å²) < 4.78 is 5.12. The number of nitrogens with one attached hydrogen (secondary N) is 1. The predicted molar refractivity (Wildman–Crippen MR) is 81.0 cm³/mol. The topological polar surface area (TPSA) is 37.4 Å². The van der Waals surface area contributed by atoms with Crippen LogP contribution in [0.3, 0.4) is 0 Å². The maximum Gasteiger partial charge on any atom is 0.128 e. The van der Waals surface area contributed by atoms with Crippen molar-refractivity contribution in [3.8, 4) is 0 Å². The first-order valence-electron chi connectivity index (χ1n) is 6.81. The van der Waals surface area contributed by atoms with E-state index in [1.54, 1.807) is 13.3 Å². The van der Waals surface area contributed by atoms with Crippen LogP contribution in [0, 0.1) is 0 Å². The SMILES string of the molecule is CCCNCc1cc(N(CC)CCOC)ncc1Cl. The zero-order chi connectivity index (χ0) is 14.1. The molecular formula is C14H24ClN3O. The zero-order valence-electron chi connectivity index (χ0n) is 12.1. The van der Waals surface area contributed by atoms with E-state index in [0.717, 1.165) is 49.0 Å². The van der Waals surface area contributed by atoms with Gasteiger partial charge in [0.05, 0.1) is 11.6 Å². The maximum atomic E-state index is 6.18. The minimum atomic E-state index is 0.696. The molecule has 0 unspecified atom stereocenters. The molecule has 108 valence electrons. The van der Waals surface area contributed by atoms with Crippen LogP contribution in [0.5, 0.6) is 0 Å². The lowest BCUT2D eigenvalue weighted by molar-refractivity contribution is 0.205. The number of methoxy groups -OCH3 is 1. The summed E-state index contributed by atoms with van der Waals surface area (Å²) in [6.07, 6.45) is 2.85. The Balaban J connectivity index is 2.74. The van der Waals surface area contributed by atoms with Gasteiger partial charge in [-0.1, -0.05) is 18.5 Å². The zero-order valence-corrected chi connectivity index (χ0v) is 12.8. The lowest BCUT2D eigenvalue weighted by Gasteiger charge is -2.22. The predicted octanol–water partition coefficient (Wildman–Crippen LogP) is 2.71. The van der Waals surface area contributed by atoms with Gasteiger partial charge in [-0.2, -0.15) is 0 Å². The third-order valence-corrected chi connectivity index (χ3v) is 3.27. The van der Waals surface area contributed by atoms with Gasteiger partial charge in [0.25, 0.3) is 0 Å². The van der Waals surface area contributed by atoms with Crippen molar-refractivity contribution in [2.75, 3.05) is 38.3 Å². The van der Waals surface area contributed by atoms with Crippen molar-refractivity contribution in [3.63, 3.8) is 0 Å². The number of rotatable bonds is 9. The fourth-order valence-electron chi connectivity index (χ4n) is 1.81. The molecule has 0 saturated heterocycles. The van der Waals surface area contributed by atoms with Gasteiger partial charge in [-0.05, 0) is 31.5 Å². The van der Waals surface area contributed by atoms with Gasteiger partial charge in [-0.3, -0.25) is 0 Å². The largest absolute Gasteiger partial charge is 0.383 e. The number of nitrogens with zero attached hydrogens (tertiary/aromatic N) is 2. The first-order valence-corrected chi connectivity index (χ1v) is 7.19. The van der Waals surface area contributed by atoms with Crippen LogP contribution >= 0.6 is 11.6 Å². The lowest BCUT2D eigenvalue weighted by atomic mass is 10.2. The van der Waals surface area contributed by atoms with Crippen molar-refractivity contribution < 1.29 is 4.74 Å². The van der Waals surface area contributed by atoms with E-state index in [1.165, 1.54) is 0 Å². The molecule has 4 nitrogen and oxygen atoms in total. The van der Waals surface area contributed by atoms with Crippen molar-refractivity contribution in [1.29, 1.82) is 0 Å². The second kappa shape index (κ2) is 9.13. The van der Waals surface area contributed by atoms with Gasteiger partial charge in [-0.25, -0.2) is 4.98 Å². The molecule has 1 N–H and O–H groups in total. The second-order valence-corrected chi connectivity index (χ2v) is 4.79. The Morgan fingerprint density at radius 3 is 2.84 bits per heavy atom. The van der Waals surface area contributed by atoms with E-state index < -0.39 is 0 Å². The number of anilines is 1. The van der Waals surface area contributed by atoms with Gasteiger partial charge < -0.3 is 15.0 Å². The highest BCUT2D eigenvalue weighted by Crippen LogP contribution is 2.20. The third-order valence-electron chi connectivity index (χ3n) is 2.93. The summed E-state index contributed by atoms with van der Waals surface area (Å²) in [5.74, 6) is 0.956. The molecule has 0 aliphatic rings. The molecule has 0 aromatic carbocycles. The third kappa shape index (κ3) is 5.35. The fourth-order valence-corrected chi connectivity index (χ4v) is 1.98.